The number of carbonyl (C=O) groups excluding carboxylic acids is 1. The number of aromatic nitrogens is 2. The molecule has 15 heavy (non-hydrogen) atoms. The van der Waals surface area contributed by atoms with Gasteiger partial charge in [-0.3, -0.25) is 10.1 Å². The van der Waals surface area contributed by atoms with Crippen LogP contribution in [0.25, 0.3) is 10.2 Å². The van der Waals surface area contributed by atoms with Gasteiger partial charge in [0.05, 0.1) is 9.48 Å². The molecule has 0 saturated carbocycles. The van der Waals surface area contributed by atoms with E-state index in [0.717, 1.165) is 19.7 Å². The predicted molar refractivity (Wildman–Crippen MR) is 64.2 cm³/mol. The molecule has 0 saturated heterocycles. The quantitative estimate of drug-likeness (QED) is 0.877. The Morgan fingerprint density at radius 1 is 1.53 bits per heavy atom. The Kier molecular flexibility index (Phi) is 2.70. The van der Waals surface area contributed by atoms with Gasteiger partial charge in [-0.25, -0.2) is 9.97 Å². The van der Waals surface area contributed by atoms with Crippen molar-refractivity contribution in [1.29, 1.82) is 0 Å². The number of nitrogens with one attached hydrogen (secondary N) is 1. The number of amides is 1. The van der Waals surface area contributed by atoms with Crippen molar-refractivity contribution in [3.05, 3.63) is 15.5 Å². The Bertz CT molecular complexity index is 537. The highest BCUT2D eigenvalue weighted by Gasteiger charge is 2.08. The molecular weight excluding hydrogens is 278 g/mol. The molecule has 0 radical (unpaired) electrons. The van der Waals surface area contributed by atoms with Gasteiger partial charge in [0.2, 0.25) is 11.9 Å². The van der Waals surface area contributed by atoms with Gasteiger partial charge >= 0.3 is 0 Å². The van der Waals surface area contributed by atoms with Gasteiger partial charge in [0.15, 0.2) is 0 Å². The van der Waals surface area contributed by atoms with Crippen LogP contribution < -0.4 is 5.32 Å². The van der Waals surface area contributed by atoms with Crippen molar-refractivity contribution in [3.63, 3.8) is 0 Å². The number of hydrogen-bond acceptors (Lipinski definition) is 4. The third kappa shape index (κ3) is 2.15. The predicted octanol–water partition coefficient (Wildman–Crippen LogP) is 2.72. The first-order valence-corrected chi connectivity index (χ1v) is 5.88. The lowest BCUT2D eigenvalue weighted by atomic mass is 10.3. The number of rotatable bonds is 1. The van der Waals surface area contributed by atoms with E-state index in [9.17, 15) is 4.79 Å². The molecule has 0 atom stereocenters. The van der Waals surface area contributed by atoms with Crippen molar-refractivity contribution < 1.29 is 4.79 Å². The molecule has 4 nitrogen and oxygen atoms in total. The molecule has 2 heterocycles. The summed E-state index contributed by atoms with van der Waals surface area (Å²) in [5.41, 5.74) is 0.866. The summed E-state index contributed by atoms with van der Waals surface area (Å²) in [6.07, 6.45) is 0. The number of nitrogens with zero attached hydrogens (tertiary/aromatic N) is 2. The molecule has 78 valence electrons. The van der Waals surface area contributed by atoms with E-state index in [1.54, 1.807) is 0 Å². The van der Waals surface area contributed by atoms with E-state index in [-0.39, 0.29) is 5.91 Å². The summed E-state index contributed by atoms with van der Waals surface area (Å²) < 4.78 is 1.01. The Labute approximate surface area is 98.9 Å². The van der Waals surface area contributed by atoms with Crippen LogP contribution >= 0.6 is 27.3 Å². The van der Waals surface area contributed by atoms with Gasteiger partial charge in [0.1, 0.15) is 4.83 Å². The molecule has 1 amide bonds. The van der Waals surface area contributed by atoms with E-state index in [1.165, 1.54) is 18.3 Å². The van der Waals surface area contributed by atoms with Crippen molar-refractivity contribution in [2.24, 2.45) is 0 Å². The summed E-state index contributed by atoms with van der Waals surface area (Å²) in [7, 11) is 0. The lowest BCUT2D eigenvalue weighted by Crippen LogP contribution is -2.09. The highest BCUT2D eigenvalue weighted by atomic mass is 79.9. The van der Waals surface area contributed by atoms with Gasteiger partial charge in [-0.1, -0.05) is 0 Å². The van der Waals surface area contributed by atoms with Gasteiger partial charge in [-0.2, -0.15) is 0 Å². The van der Waals surface area contributed by atoms with Crippen LogP contribution in [0, 0.1) is 6.92 Å². The molecule has 0 aliphatic heterocycles. The number of anilines is 1. The first kappa shape index (κ1) is 10.5. The lowest BCUT2D eigenvalue weighted by molar-refractivity contribution is -0.114. The molecule has 2 aromatic rings. The van der Waals surface area contributed by atoms with Crippen LogP contribution in [0.3, 0.4) is 0 Å². The van der Waals surface area contributed by atoms with Crippen LogP contribution in [0.1, 0.15) is 12.6 Å². The summed E-state index contributed by atoms with van der Waals surface area (Å²) in [5.74, 6) is 0.200. The zero-order chi connectivity index (χ0) is 11.0. The van der Waals surface area contributed by atoms with E-state index >= 15 is 0 Å². The largest absolute Gasteiger partial charge is 0.295 e. The summed E-state index contributed by atoms with van der Waals surface area (Å²) in [4.78, 5) is 20.2. The summed E-state index contributed by atoms with van der Waals surface area (Å²) >= 11 is 4.92. The van der Waals surface area contributed by atoms with Crippen molar-refractivity contribution in [2.45, 2.75) is 13.8 Å². The van der Waals surface area contributed by atoms with E-state index in [1.807, 2.05) is 13.0 Å². The maximum absolute atomic E-state index is 10.9. The lowest BCUT2D eigenvalue weighted by Gasteiger charge is -2.01. The SMILES string of the molecule is CC(=O)Nc1nc(C)c2cc(Br)sc2n1. The van der Waals surface area contributed by atoms with Crippen LogP contribution in [-0.2, 0) is 4.79 Å². The fourth-order valence-electron chi connectivity index (χ4n) is 1.25. The maximum atomic E-state index is 10.9. The molecule has 1 N–H and O–H groups in total. The van der Waals surface area contributed by atoms with E-state index in [4.69, 9.17) is 0 Å². The molecule has 2 aromatic heterocycles. The third-order valence-corrected chi connectivity index (χ3v) is 3.37. The zero-order valence-electron chi connectivity index (χ0n) is 8.17. The van der Waals surface area contributed by atoms with Crippen LogP contribution in [0.15, 0.2) is 9.85 Å². The second-order valence-electron chi connectivity index (χ2n) is 3.08. The second kappa shape index (κ2) is 3.86. The van der Waals surface area contributed by atoms with E-state index in [2.05, 4.69) is 31.2 Å². The van der Waals surface area contributed by atoms with Crippen molar-refractivity contribution in [3.8, 4) is 0 Å². The Balaban J connectivity index is 2.56. The summed E-state index contributed by atoms with van der Waals surface area (Å²) in [6, 6.07) is 1.98. The van der Waals surface area contributed by atoms with Crippen LogP contribution in [0.2, 0.25) is 0 Å². The van der Waals surface area contributed by atoms with Gasteiger partial charge in [0.25, 0.3) is 0 Å². The standard InChI is InChI=1S/C9H8BrN3OS/c1-4-6-3-7(10)15-8(6)13-9(11-4)12-5(2)14/h3H,1-2H3,(H,11,12,13,14). The van der Waals surface area contributed by atoms with Gasteiger partial charge in [-0.05, 0) is 28.9 Å². The topological polar surface area (TPSA) is 54.9 Å². The first-order valence-electron chi connectivity index (χ1n) is 4.27. The average molecular weight is 286 g/mol. The van der Waals surface area contributed by atoms with Gasteiger partial charge in [0, 0.05) is 12.3 Å². The van der Waals surface area contributed by atoms with Crippen molar-refractivity contribution in [1.82, 2.24) is 9.97 Å². The zero-order valence-corrected chi connectivity index (χ0v) is 10.6. The maximum Gasteiger partial charge on any atom is 0.231 e. The molecule has 2 rings (SSSR count). The molecule has 0 aromatic carbocycles. The highest BCUT2D eigenvalue weighted by Crippen LogP contribution is 2.30. The first-order chi connectivity index (χ1) is 7.06. The van der Waals surface area contributed by atoms with Gasteiger partial charge in [-0.15, -0.1) is 11.3 Å². The number of carbonyl (C=O) groups is 1. The average Bonchev–Trinajstić information content (AvgIpc) is 2.44. The molecule has 0 bridgehead atoms. The van der Waals surface area contributed by atoms with Crippen molar-refractivity contribution in [2.75, 3.05) is 5.32 Å². The number of aryl methyl sites for hydroxylation is 1. The number of hydrogen-bond donors (Lipinski definition) is 1. The van der Waals surface area contributed by atoms with Crippen LogP contribution in [-0.4, -0.2) is 15.9 Å². The highest BCUT2D eigenvalue weighted by molar-refractivity contribution is 9.11. The number of fused-ring (bicyclic) bond motifs is 1. The molecule has 0 unspecified atom stereocenters. The van der Waals surface area contributed by atoms with Crippen molar-refractivity contribution >= 4 is 49.3 Å². The fourth-order valence-corrected chi connectivity index (χ4v) is 2.75. The van der Waals surface area contributed by atoms with Crippen LogP contribution in [0.4, 0.5) is 5.95 Å². The molecule has 6 heteroatoms. The number of halogens is 1. The Morgan fingerprint density at radius 3 is 2.93 bits per heavy atom. The Morgan fingerprint density at radius 2 is 2.27 bits per heavy atom. The fraction of sp³-hybridized carbons (Fsp3) is 0.222. The minimum atomic E-state index is -0.163. The molecular formula is C9H8BrN3OS. The van der Waals surface area contributed by atoms with E-state index < -0.39 is 0 Å². The molecule has 0 aliphatic rings. The normalized spacial score (nSPS) is 10.6. The van der Waals surface area contributed by atoms with Gasteiger partial charge < -0.3 is 0 Å². The minimum absolute atomic E-state index is 0.163. The van der Waals surface area contributed by atoms with Crippen LogP contribution in [0.5, 0.6) is 0 Å². The second-order valence-corrected chi connectivity index (χ2v) is 5.49. The molecule has 0 aliphatic carbocycles. The monoisotopic (exact) mass is 285 g/mol. The third-order valence-electron chi connectivity index (χ3n) is 1.84. The molecule has 0 spiro atoms. The minimum Gasteiger partial charge on any atom is -0.295 e. The summed E-state index contributed by atoms with van der Waals surface area (Å²) in [6.45, 7) is 3.34. The molecule has 0 fully saturated rings. The summed E-state index contributed by atoms with van der Waals surface area (Å²) in [5, 5.41) is 3.59. The Hall–Kier alpha value is -1.01. The van der Waals surface area contributed by atoms with E-state index in [0.29, 0.717) is 5.95 Å². The smallest absolute Gasteiger partial charge is 0.231 e. The number of thiophene rings is 1.